The Bertz CT molecular complexity index is 559. The number of para-hydroxylation sites is 2. The van der Waals surface area contributed by atoms with E-state index in [1.165, 1.54) is 0 Å². The van der Waals surface area contributed by atoms with Crippen LogP contribution in [0.15, 0.2) is 24.3 Å². The van der Waals surface area contributed by atoms with Gasteiger partial charge < -0.3 is 9.84 Å². The number of rotatable bonds is 5. The number of carboxylic acid groups (broad SMARTS) is 1. The van der Waals surface area contributed by atoms with Crippen molar-refractivity contribution in [1.29, 1.82) is 0 Å². The average molecular weight is 295 g/mol. The lowest BCUT2D eigenvalue weighted by Crippen LogP contribution is -2.32. The van der Waals surface area contributed by atoms with E-state index in [-0.39, 0.29) is 6.42 Å². The second-order valence-corrected chi connectivity index (χ2v) is 5.20. The summed E-state index contributed by atoms with van der Waals surface area (Å²) in [5.74, 6) is -1.20. The quantitative estimate of drug-likeness (QED) is 0.895. The van der Waals surface area contributed by atoms with Gasteiger partial charge in [-0.15, -0.1) is 0 Å². The fraction of sp³-hybridized carbons (Fsp3) is 0.308. The van der Waals surface area contributed by atoms with Crippen LogP contribution in [0.25, 0.3) is 0 Å². The molecule has 1 aromatic carbocycles. The Hall–Kier alpha value is -2.02. The Morgan fingerprint density at radius 3 is 2.75 bits per heavy atom. The first kappa shape index (κ1) is 14.4. The molecule has 1 aliphatic rings. The van der Waals surface area contributed by atoms with E-state index in [1.807, 2.05) is 0 Å². The molecule has 20 heavy (non-hydrogen) atoms. The van der Waals surface area contributed by atoms with Crippen molar-refractivity contribution in [2.24, 2.45) is 0 Å². The van der Waals surface area contributed by atoms with Gasteiger partial charge in [-0.2, -0.15) is 0 Å². The minimum absolute atomic E-state index is 0.352. The van der Waals surface area contributed by atoms with Crippen molar-refractivity contribution in [3.63, 3.8) is 0 Å². The van der Waals surface area contributed by atoms with Gasteiger partial charge >= 0.3 is 5.97 Å². The molecule has 2 amide bonds. The van der Waals surface area contributed by atoms with Gasteiger partial charge in [-0.1, -0.05) is 12.1 Å². The predicted octanol–water partition coefficient (Wildman–Crippen LogP) is 2.13. The van der Waals surface area contributed by atoms with E-state index in [2.05, 4.69) is 0 Å². The average Bonchev–Trinajstić information content (AvgIpc) is 2.65. The second-order valence-electron chi connectivity index (χ2n) is 4.04. The number of carbonyl (C=O) groups is 3. The van der Waals surface area contributed by atoms with Gasteiger partial charge in [0.15, 0.2) is 0 Å². The number of benzene rings is 1. The third-order valence-electron chi connectivity index (χ3n) is 2.69. The lowest BCUT2D eigenvalue weighted by Gasteiger charge is -2.17. The maximum atomic E-state index is 12.2. The molecule has 1 atom stereocenters. The molecule has 0 aliphatic carbocycles. The van der Waals surface area contributed by atoms with Crippen LogP contribution in [0.3, 0.4) is 0 Å². The minimum atomic E-state index is -1.11. The van der Waals surface area contributed by atoms with Crippen LogP contribution in [0.5, 0.6) is 5.75 Å². The van der Waals surface area contributed by atoms with Crippen molar-refractivity contribution in [2.75, 3.05) is 11.5 Å². The van der Waals surface area contributed by atoms with Crippen LogP contribution < -0.4 is 9.64 Å². The van der Waals surface area contributed by atoms with Gasteiger partial charge in [-0.3, -0.25) is 14.4 Å². The normalized spacial score (nSPS) is 18.4. The largest absolute Gasteiger partial charge is 0.492 e. The Morgan fingerprint density at radius 1 is 1.40 bits per heavy atom. The number of carboxylic acids is 1. The molecule has 2 rings (SSSR count). The summed E-state index contributed by atoms with van der Waals surface area (Å²) in [4.78, 5) is 35.8. The number of amides is 2. The zero-order chi connectivity index (χ0) is 14.7. The molecule has 6 nitrogen and oxygen atoms in total. The molecule has 0 aromatic heterocycles. The summed E-state index contributed by atoms with van der Waals surface area (Å²) in [7, 11) is 0. The number of hydrogen-bond donors (Lipinski definition) is 1. The van der Waals surface area contributed by atoms with Crippen molar-refractivity contribution in [1.82, 2.24) is 0 Å². The van der Waals surface area contributed by atoms with Crippen molar-refractivity contribution in [2.45, 2.75) is 18.6 Å². The molecule has 0 bridgehead atoms. The van der Waals surface area contributed by atoms with Crippen LogP contribution in [-0.4, -0.2) is 34.1 Å². The van der Waals surface area contributed by atoms with Gasteiger partial charge in [0.05, 0.1) is 18.7 Å². The van der Waals surface area contributed by atoms with Crippen LogP contribution in [0, 0.1) is 0 Å². The van der Waals surface area contributed by atoms with Crippen LogP contribution in [0.2, 0.25) is 0 Å². The van der Waals surface area contributed by atoms with Gasteiger partial charge in [-0.05, 0) is 30.8 Å². The maximum absolute atomic E-state index is 12.2. The number of anilines is 1. The molecule has 0 spiro atoms. The third kappa shape index (κ3) is 2.77. The molecule has 1 unspecified atom stereocenters. The van der Waals surface area contributed by atoms with Crippen LogP contribution in [-0.2, 0) is 9.59 Å². The molecule has 1 aromatic rings. The standard InChI is InChI=1S/C13H13NO5S/c1-2-19-9-6-4-3-5-8(9)14-12(17)10(7-11(15)16)20-13(14)18/h3-6,10H,2,7H2,1H3,(H,15,16). The van der Waals surface area contributed by atoms with E-state index >= 15 is 0 Å². The number of carbonyl (C=O) groups excluding carboxylic acids is 2. The molecule has 1 heterocycles. The summed E-state index contributed by atoms with van der Waals surface area (Å²) >= 11 is 0.733. The zero-order valence-corrected chi connectivity index (χ0v) is 11.6. The summed E-state index contributed by atoms with van der Waals surface area (Å²) in [5, 5.41) is 7.40. The van der Waals surface area contributed by atoms with Gasteiger partial charge in [0, 0.05) is 0 Å². The van der Waals surface area contributed by atoms with Gasteiger partial charge in [0.1, 0.15) is 11.0 Å². The van der Waals surface area contributed by atoms with E-state index in [4.69, 9.17) is 9.84 Å². The highest BCUT2D eigenvalue weighted by atomic mass is 32.2. The van der Waals surface area contributed by atoms with Gasteiger partial charge in [0.2, 0.25) is 5.91 Å². The summed E-state index contributed by atoms with van der Waals surface area (Å²) in [5.41, 5.74) is 0.352. The smallest absolute Gasteiger partial charge is 0.305 e. The van der Waals surface area contributed by atoms with E-state index in [1.54, 1.807) is 31.2 Å². The lowest BCUT2D eigenvalue weighted by atomic mass is 10.2. The lowest BCUT2D eigenvalue weighted by molar-refractivity contribution is -0.138. The molecular formula is C13H13NO5S. The zero-order valence-electron chi connectivity index (χ0n) is 10.7. The topological polar surface area (TPSA) is 83.9 Å². The van der Waals surface area contributed by atoms with Crippen LogP contribution in [0.1, 0.15) is 13.3 Å². The fourth-order valence-electron chi connectivity index (χ4n) is 1.88. The van der Waals surface area contributed by atoms with Crippen molar-refractivity contribution in [3.05, 3.63) is 24.3 Å². The monoisotopic (exact) mass is 295 g/mol. The van der Waals surface area contributed by atoms with E-state index < -0.39 is 22.4 Å². The fourth-order valence-corrected chi connectivity index (χ4v) is 2.85. The number of imide groups is 1. The molecule has 7 heteroatoms. The molecule has 1 N–H and O–H groups in total. The maximum Gasteiger partial charge on any atom is 0.305 e. The molecular weight excluding hydrogens is 282 g/mol. The first-order valence-electron chi connectivity index (χ1n) is 6.02. The van der Waals surface area contributed by atoms with Crippen molar-refractivity contribution in [3.8, 4) is 5.75 Å². The van der Waals surface area contributed by atoms with Crippen LogP contribution >= 0.6 is 11.8 Å². The van der Waals surface area contributed by atoms with Gasteiger partial charge in [0.25, 0.3) is 5.24 Å². The Labute approximate surface area is 119 Å². The number of ether oxygens (including phenoxy) is 1. The molecule has 0 saturated carbocycles. The van der Waals surface area contributed by atoms with Gasteiger partial charge in [-0.25, -0.2) is 4.90 Å². The Balaban J connectivity index is 2.31. The highest BCUT2D eigenvalue weighted by molar-refractivity contribution is 8.15. The van der Waals surface area contributed by atoms with Crippen molar-refractivity contribution >= 4 is 34.6 Å². The Kier molecular flexibility index (Phi) is 4.29. The highest BCUT2D eigenvalue weighted by Gasteiger charge is 2.42. The first-order valence-corrected chi connectivity index (χ1v) is 6.90. The number of nitrogens with zero attached hydrogens (tertiary/aromatic N) is 1. The molecule has 1 fully saturated rings. The molecule has 1 aliphatic heterocycles. The second kappa shape index (κ2) is 5.96. The third-order valence-corrected chi connectivity index (χ3v) is 3.72. The number of thioether (sulfide) groups is 1. The van der Waals surface area contributed by atoms with Crippen LogP contribution in [0.4, 0.5) is 10.5 Å². The summed E-state index contributed by atoms with van der Waals surface area (Å²) in [6.07, 6.45) is -0.372. The molecule has 1 saturated heterocycles. The molecule has 0 radical (unpaired) electrons. The van der Waals surface area contributed by atoms with E-state index in [0.29, 0.717) is 18.0 Å². The number of hydrogen-bond acceptors (Lipinski definition) is 5. The van der Waals surface area contributed by atoms with Crippen molar-refractivity contribution < 1.29 is 24.2 Å². The minimum Gasteiger partial charge on any atom is -0.492 e. The van der Waals surface area contributed by atoms with E-state index in [0.717, 1.165) is 16.7 Å². The molecule has 106 valence electrons. The number of aliphatic carboxylic acids is 1. The summed E-state index contributed by atoms with van der Waals surface area (Å²) in [6.45, 7) is 2.20. The summed E-state index contributed by atoms with van der Waals surface area (Å²) in [6, 6.07) is 6.69. The van der Waals surface area contributed by atoms with E-state index in [9.17, 15) is 14.4 Å². The highest BCUT2D eigenvalue weighted by Crippen LogP contribution is 2.37. The SMILES string of the molecule is CCOc1ccccc1N1C(=O)SC(CC(=O)O)C1=O. The predicted molar refractivity (Wildman–Crippen MR) is 74.1 cm³/mol. The first-order chi connectivity index (χ1) is 9.54. The summed E-state index contributed by atoms with van der Waals surface area (Å²) < 4.78 is 5.39. The Morgan fingerprint density at radius 2 is 2.10 bits per heavy atom.